The molecule has 0 aliphatic heterocycles. The molecule has 0 aromatic heterocycles. The molecule has 0 aliphatic rings. The first-order valence-corrected chi connectivity index (χ1v) is 6.88. The van der Waals surface area contributed by atoms with Gasteiger partial charge in [0.2, 0.25) is 12.3 Å². The first kappa shape index (κ1) is 15.4. The average molecular weight is 261 g/mol. The van der Waals surface area contributed by atoms with E-state index in [1.165, 1.54) is 4.90 Å². The van der Waals surface area contributed by atoms with Crippen molar-refractivity contribution in [1.29, 1.82) is 0 Å². The molecule has 2 amide bonds. The maximum absolute atomic E-state index is 12.2. The molecular weight excluding hydrogens is 238 g/mol. The minimum absolute atomic E-state index is 0.0841. The van der Waals surface area contributed by atoms with Crippen molar-refractivity contribution in [2.24, 2.45) is 11.8 Å². The number of imide groups is 1. The summed E-state index contributed by atoms with van der Waals surface area (Å²) in [5.41, 5.74) is 0.971. The van der Waals surface area contributed by atoms with Gasteiger partial charge in [-0.05, 0) is 17.9 Å². The van der Waals surface area contributed by atoms with Crippen molar-refractivity contribution in [2.75, 3.05) is 0 Å². The predicted molar refractivity (Wildman–Crippen MR) is 76.3 cm³/mol. The minimum Gasteiger partial charge on any atom is -0.281 e. The van der Waals surface area contributed by atoms with Gasteiger partial charge in [-0.1, -0.05) is 57.5 Å². The Morgan fingerprint density at radius 1 is 1.26 bits per heavy atom. The van der Waals surface area contributed by atoms with Gasteiger partial charge >= 0.3 is 0 Å². The molecular formula is C16H23NO2. The number of amides is 2. The fourth-order valence-electron chi connectivity index (χ4n) is 2.10. The smallest absolute Gasteiger partial charge is 0.232 e. The molecule has 0 aliphatic carbocycles. The van der Waals surface area contributed by atoms with Crippen LogP contribution in [0.5, 0.6) is 0 Å². The van der Waals surface area contributed by atoms with Crippen LogP contribution in [-0.2, 0) is 16.1 Å². The van der Waals surface area contributed by atoms with Gasteiger partial charge < -0.3 is 0 Å². The number of hydrogen-bond acceptors (Lipinski definition) is 2. The quantitative estimate of drug-likeness (QED) is 0.707. The topological polar surface area (TPSA) is 37.4 Å². The van der Waals surface area contributed by atoms with E-state index in [4.69, 9.17) is 0 Å². The van der Waals surface area contributed by atoms with E-state index >= 15 is 0 Å². The maximum atomic E-state index is 12.2. The van der Waals surface area contributed by atoms with Crippen molar-refractivity contribution in [3.05, 3.63) is 35.9 Å². The van der Waals surface area contributed by atoms with Gasteiger partial charge in [0.1, 0.15) is 0 Å². The molecule has 0 N–H and O–H groups in total. The van der Waals surface area contributed by atoms with Crippen LogP contribution in [0.4, 0.5) is 0 Å². The Balaban J connectivity index is 2.64. The number of benzene rings is 1. The molecule has 1 rings (SSSR count). The molecule has 0 saturated carbocycles. The highest BCUT2D eigenvalue weighted by atomic mass is 16.2. The second-order valence-corrected chi connectivity index (χ2v) is 5.21. The number of nitrogens with zero attached hydrogens (tertiary/aromatic N) is 1. The number of rotatable bonds is 7. The fourth-order valence-corrected chi connectivity index (χ4v) is 2.10. The summed E-state index contributed by atoms with van der Waals surface area (Å²) in [7, 11) is 0. The van der Waals surface area contributed by atoms with Crippen molar-refractivity contribution in [2.45, 2.75) is 40.2 Å². The van der Waals surface area contributed by atoms with Crippen LogP contribution >= 0.6 is 0 Å². The van der Waals surface area contributed by atoms with Gasteiger partial charge in [0.15, 0.2) is 0 Å². The lowest BCUT2D eigenvalue weighted by atomic mass is 9.94. The highest BCUT2D eigenvalue weighted by Gasteiger charge is 2.21. The predicted octanol–water partition coefficient (Wildman–Crippen LogP) is 3.24. The zero-order valence-corrected chi connectivity index (χ0v) is 12.0. The van der Waals surface area contributed by atoms with Crippen LogP contribution in [0.15, 0.2) is 30.3 Å². The Morgan fingerprint density at radius 3 is 2.42 bits per heavy atom. The zero-order chi connectivity index (χ0) is 14.3. The Bertz CT molecular complexity index is 402. The summed E-state index contributed by atoms with van der Waals surface area (Å²) in [5, 5.41) is 0. The van der Waals surface area contributed by atoms with Crippen molar-refractivity contribution in [3.63, 3.8) is 0 Å². The lowest BCUT2D eigenvalue weighted by molar-refractivity contribution is -0.142. The molecule has 3 heteroatoms. The third-order valence-corrected chi connectivity index (χ3v) is 3.48. The van der Waals surface area contributed by atoms with E-state index in [2.05, 4.69) is 13.8 Å². The van der Waals surface area contributed by atoms with Crippen LogP contribution in [0, 0.1) is 11.8 Å². The maximum Gasteiger partial charge on any atom is 0.232 e. The lowest BCUT2D eigenvalue weighted by Crippen LogP contribution is -2.34. The molecule has 0 spiro atoms. The molecule has 1 aromatic carbocycles. The van der Waals surface area contributed by atoms with Gasteiger partial charge in [-0.3, -0.25) is 14.5 Å². The third-order valence-electron chi connectivity index (χ3n) is 3.48. The molecule has 2 unspecified atom stereocenters. The summed E-state index contributed by atoms with van der Waals surface area (Å²) in [6.45, 7) is 6.50. The monoisotopic (exact) mass is 261 g/mol. The largest absolute Gasteiger partial charge is 0.281 e. The Labute approximate surface area is 115 Å². The van der Waals surface area contributed by atoms with E-state index in [0.29, 0.717) is 18.9 Å². The highest BCUT2D eigenvalue weighted by molar-refractivity contribution is 5.87. The number of carbonyl (C=O) groups excluding carboxylic acids is 2. The number of carbonyl (C=O) groups is 2. The standard InChI is InChI=1S/C16H23NO2/c1-4-13(2)10-14(3)16(19)17(12-18)11-15-8-6-5-7-9-15/h5-9,12-14H,4,10-11H2,1-3H3. The Morgan fingerprint density at radius 2 is 1.89 bits per heavy atom. The zero-order valence-electron chi connectivity index (χ0n) is 12.0. The molecule has 1 aromatic rings. The number of hydrogen-bond donors (Lipinski definition) is 0. The summed E-state index contributed by atoms with van der Waals surface area (Å²) in [6.07, 6.45) is 2.52. The Kier molecular flexibility index (Phi) is 6.26. The van der Waals surface area contributed by atoms with Gasteiger partial charge in [0.05, 0.1) is 6.54 Å². The van der Waals surface area contributed by atoms with Crippen LogP contribution in [0.25, 0.3) is 0 Å². The van der Waals surface area contributed by atoms with E-state index in [9.17, 15) is 9.59 Å². The average Bonchev–Trinajstić information content (AvgIpc) is 2.44. The third kappa shape index (κ3) is 4.86. The fraction of sp³-hybridized carbons (Fsp3) is 0.500. The summed E-state index contributed by atoms with van der Waals surface area (Å²) >= 11 is 0. The Hall–Kier alpha value is -1.64. The summed E-state index contributed by atoms with van der Waals surface area (Å²) < 4.78 is 0. The van der Waals surface area contributed by atoms with Crippen molar-refractivity contribution < 1.29 is 9.59 Å². The normalized spacial score (nSPS) is 13.6. The first-order valence-electron chi connectivity index (χ1n) is 6.88. The summed E-state index contributed by atoms with van der Waals surface area (Å²) in [4.78, 5) is 24.6. The molecule has 19 heavy (non-hydrogen) atoms. The summed E-state index contributed by atoms with van der Waals surface area (Å²) in [5.74, 6) is 0.312. The molecule has 104 valence electrons. The van der Waals surface area contributed by atoms with Gasteiger partial charge in [0, 0.05) is 5.92 Å². The van der Waals surface area contributed by atoms with E-state index in [0.717, 1.165) is 18.4 Å². The van der Waals surface area contributed by atoms with Gasteiger partial charge in [0.25, 0.3) is 0 Å². The molecule has 0 fully saturated rings. The van der Waals surface area contributed by atoms with Crippen LogP contribution in [-0.4, -0.2) is 17.2 Å². The van der Waals surface area contributed by atoms with E-state index in [1.807, 2.05) is 37.3 Å². The second-order valence-electron chi connectivity index (χ2n) is 5.21. The molecule has 0 saturated heterocycles. The summed E-state index contributed by atoms with van der Waals surface area (Å²) in [6, 6.07) is 9.57. The van der Waals surface area contributed by atoms with Crippen LogP contribution in [0.1, 0.15) is 39.2 Å². The van der Waals surface area contributed by atoms with E-state index in [-0.39, 0.29) is 11.8 Å². The molecule has 0 bridgehead atoms. The SMILES string of the molecule is CCC(C)CC(C)C(=O)N(C=O)Cc1ccccc1. The van der Waals surface area contributed by atoms with E-state index in [1.54, 1.807) is 0 Å². The highest BCUT2D eigenvalue weighted by Crippen LogP contribution is 2.17. The molecule has 2 atom stereocenters. The van der Waals surface area contributed by atoms with Crippen molar-refractivity contribution >= 4 is 12.3 Å². The van der Waals surface area contributed by atoms with Crippen molar-refractivity contribution in [1.82, 2.24) is 4.90 Å². The van der Waals surface area contributed by atoms with Crippen LogP contribution in [0.2, 0.25) is 0 Å². The minimum atomic E-state index is -0.108. The lowest BCUT2D eigenvalue weighted by Gasteiger charge is -2.21. The van der Waals surface area contributed by atoms with Crippen molar-refractivity contribution in [3.8, 4) is 0 Å². The van der Waals surface area contributed by atoms with Crippen LogP contribution < -0.4 is 0 Å². The van der Waals surface area contributed by atoms with Crippen LogP contribution in [0.3, 0.4) is 0 Å². The molecule has 3 nitrogen and oxygen atoms in total. The molecule has 0 radical (unpaired) electrons. The van der Waals surface area contributed by atoms with Gasteiger partial charge in [-0.25, -0.2) is 0 Å². The van der Waals surface area contributed by atoms with Gasteiger partial charge in [-0.15, -0.1) is 0 Å². The van der Waals surface area contributed by atoms with E-state index < -0.39 is 0 Å². The van der Waals surface area contributed by atoms with Gasteiger partial charge in [-0.2, -0.15) is 0 Å². The first-order chi connectivity index (χ1) is 9.08. The second kappa shape index (κ2) is 7.72. The molecule has 0 heterocycles.